The quantitative estimate of drug-likeness (QED) is 0.778. The molecule has 1 aromatic carbocycles. The SMILES string of the molecule is CC(c1ccccc1)n1cncc1C(=O)OCCF. The van der Waals surface area contributed by atoms with Crippen molar-refractivity contribution in [1.29, 1.82) is 0 Å². The van der Waals surface area contributed by atoms with Gasteiger partial charge in [0.1, 0.15) is 19.0 Å². The number of esters is 1. The molecule has 0 saturated carbocycles. The van der Waals surface area contributed by atoms with Crippen molar-refractivity contribution in [2.75, 3.05) is 13.3 Å². The Bertz CT molecular complexity index is 539. The van der Waals surface area contributed by atoms with Crippen LogP contribution in [0.1, 0.15) is 29.0 Å². The molecule has 1 unspecified atom stereocenters. The maximum absolute atomic E-state index is 12.0. The molecular weight excluding hydrogens is 247 g/mol. The number of benzene rings is 1. The van der Waals surface area contributed by atoms with E-state index in [1.165, 1.54) is 6.20 Å². The van der Waals surface area contributed by atoms with Crippen molar-refractivity contribution in [3.8, 4) is 0 Å². The van der Waals surface area contributed by atoms with Crippen molar-refractivity contribution in [3.63, 3.8) is 0 Å². The fourth-order valence-electron chi connectivity index (χ4n) is 1.87. The average Bonchev–Trinajstić information content (AvgIpc) is 2.94. The molecular formula is C14H15FN2O2. The summed E-state index contributed by atoms with van der Waals surface area (Å²) in [5, 5.41) is 0. The lowest BCUT2D eigenvalue weighted by Gasteiger charge is -2.16. The summed E-state index contributed by atoms with van der Waals surface area (Å²) in [5.41, 5.74) is 1.38. The minimum atomic E-state index is -0.686. The van der Waals surface area contributed by atoms with Crippen LogP contribution < -0.4 is 0 Å². The number of ether oxygens (including phenoxy) is 1. The summed E-state index contributed by atoms with van der Waals surface area (Å²) >= 11 is 0. The molecule has 19 heavy (non-hydrogen) atoms. The predicted octanol–water partition coefficient (Wildman–Crippen LogP) is 2.62. The van der Waals surface area contributed by atoms with Gasteiger partial charge in [-0.1, -0.05) is 30.3 Å². The second-order valence-corrected chi connectivity index (χ2v) is 4.10. The largest absolute Gasteiger partial charge is 0.458 e. The summed E-state index contributed by atoms with van der Waals surface area (Å²) < 4.78 is 18.5. The minimum Gasteiger partial charge on any atom is -0.458 e. The molecule has 1 atom stereocenters. The Labute approximate surface area is 110 Å². The van der Waals surface area contributed by atoms with Gasteiger partial charge in [-0.25, -0.2) is 14.2 Å². The molecule has 0 aliphatic heterocycles. The van der Waals surface area contributed by atoms with E-state index in [2.05, 4.69) is 4.98 Å². The van der Waals surface area contributed by atoms with Crippen LogP contribution in [0.3, 0.4) is 0 Å². The van der Waals surface area contributed by atoms with Crippen molar-refractivity contribution >= 4 is 5.97 Å². The van der Waals surface area contributed by atoms with Crippen LogP contribution in [0.25, 0.3) is 0 Å². The number of alkyl halides is 1. The number of carbonyl (C=O) groups excluding carboxylic acids is 1. The van der Waals surface area contributed by atoms with Gasteiger partial charge in [-0.3, -0.25) is 0 Å². The molecule has 0 saturated heterocycles. The van der Waals surface area contributed by atoms with Gasteiger partial charge in [0, 0.05) is 0 Å². The molecule has 0 amide bonds. The minimum absolute atomic E-state index is 0.0448. The van der Waals surface area contributed by atoms with Gasteiger partial charge in [0.2, 0.25) is 0 Å². The zero-order chi connectivity index (χ0) is 13.7. The lowest BCUT2D eigenvalue weighted by Crippen LogP contribution is -2.16. The van der Waals surface area contributed by atoms with Gasteiger partial charge in [0.15, 0.2) is 0 Å². The smallest absolute Gasteiger partial charge is 0.356 e. The Morgan fingerprint density at radius 3 is 2.84 bits per heavy atom. The Kier molecular flexibility index (Phi) is 4.28. The summed E-state index contributed by atoms with van der Waals surface area (Å²) in [7, 11) is 0. The summed E-state index contributed by atoms with van der Waals surface area (Å²) in [4.78, 5) is 15.7. The number of nitrogens with zero attached hydrogens (tertiary/aromatic N) is 2. The predicted molar refractivity (Wildman–Crippen MR) is 68.7 cm³/mol. The molecule has 5 heteroatoms. The van der Waals surface area contributed by atoms with Crippen molar-refractivity contribution < 1.29 is 13.9 Å². The van der Waals surface area contributed by atoms with Crippen LogP contribution in [0, 0.1) is 0 Å². The highest BCUT2D eigenvalue weighted by Gasteiger charge is 2.17. The number of halogens is 1. The van der Waals surface area contributed by atoms with E-state index in [0.29, 0.717) is 5.69 Å². The van der Waals surface area contributed by atoms with Crippen LogP contribution in [0.4, 0.5) is 4.39 Å². The van der Waals surface area contributed by atoms with Crippen LogP contribution in [0.15, 0.2) is 42.9 Å². The summed E-state index contributed by atoms with van der Waals surface area (Å²) in [6.07, 6.45) is 3.00. The molecule has 0 aliphatic carbocycles. The molecule has 2 aromatic rings. The van der Waals surface area contributed by atoms with Gasteiger partial charge >= 0.3 is 5.97 Å². The van der Waals surface area contributed by atoms with Gasteiger partial charge in [-0.05, 0) is 12.5 Å². The fraction of sp³-hybridized carbons (Fsp3) is 0.286. The number of aromatic nitrogens is 2. The molecule has 0 N–H and O–H groups in total. The molecule has 0 bridgehead atoms. The monoisotopic (exact) mass is 262 g/mol. The van der Waals surface area contributed by atoms with E-state index in [4.69, 9.17) is 4.74 Å². The van der Waals surface area contributed by atoms with Crippen LogP contribution in [-0.4, -0.2) is 28.8 Å². The first-order valence-electron chi connectivity index (χ1n) is 6.04. The van der Waals surface area contributed by atoms with E-state index in [1.807, 2.05) is 37.3 Å². The Morgan fingerprint density at radius 1 is 1.42 bits per heavy atom. The lowest BCUT2D eigenvalue weighted by atomic mass is 10.1. The number of carbonyl (C=O) groups is 1. The third-order valence-corrected chi connectivity index (χ3v) is 2.88. The van der Waals surface area contributed by atoms with E-state index in [0.717, 1.165) is 5.56 Å². The third-order valence-electron chi connectivity index (χ3n) is 2.88. The molecule has 2 rings (SSSR count). The third kappa shape index (κ3) is 2.99. The van der Waals surface area contributed by atoms with Gasteiger partial charge in [0.25, 0.3) is 0 Å². The molecule has 1 aromatic heterocycles. The van der Waals surface area contributed by atoms with Crippen LogP contribution in [0.5, 0.6) is 0 Å². The summed E-state index contributed by atoms with van der Waals surface area (Å²) in [6, 6.07) is 9.70. The van der Waals surface area contributed by atoms with Gasteiger partial charge in [-0.15, -0.1) is 0 Å². The van der Waals surface area contributed by atoms with E-state index in [-0.39, 0.29) is 12.6 Å². The summed E-state index contributed by atoms with van der Waals surface area (Å²) in [6.45, 7) is 1.04. The van der Waals surface area contributed by atoms with E-state index < -0.39 is 12.6 Å². The molecule has 100 valence electrons. The normalized spacial score (nSPS) is 12.1. The number of hydrogen-bond acceptors (Lipinski definition) is 3. The highest BCUT2D eigenvalue weighted by molar-refractivity contribution is 5.87. The molecule has 0 aliphatic rings. The fourth-order valence-corrected chi connectivity index (χ4v) is 1.87. The van der Waals surface area contributed by atoms with E-state index in [9.17, 15) is 9.18 Å². The number of rotatable bonds is 5. The Balaban J connectivity index is 2.22. The highest BCUT2D eigenvalue weighted by atomic mass is 19.1. The first-order valence-corrected chi connectivity index (χ1v) is 6.04. The van der Waals surface area contributed by atoms with Gasteiger partial charge in [-0.2, -0.15) is 0 Å². The van der Waals surface area contributed by atoms with Crippen molar-refractivity contribution in [3.05, 3.63) is 54.1 Å². The average molecular weight is 262 g/mol. The van der Waals surface area contributed by atoms with Crippen molar-refractivity contribution in [2.45, 2.75) is 13.0 Å². The zero-order valence-corrected chi connectivity index (χ0v) is 10.6. The van der Waals surface area contributed by atoms with Crippen LogP contribution in [0.2, 0.25) is 0 Å². The second kappa shape index (κ2) is 6.13. The molecule has 0 fully saturated rings. The maximum Gasteiger partial charge on any atom is 0.356 e. The van der Waals surface area contributed by atoms with Crippen LogP contribution >= 0.6 is 0 Å². The van der Waals surface area contributed by atoms with Gasteiger partial charge < -0.3 is 9.30 Å². The standard InChI is InChI=1S/C14H15FN2O2/c1-11(12-5-3-2-4-6-12)17-10-16-9-13(17)14(18)19-8-7-15/h2-6,9-11H,7-8H2,1H3. The number of hydrogen-bond donors (Lipinski definition) is 0. The van der Waals surface area contributed by atoms with Gasteiger partial charge in [0.05, 0.1) is 18.6 Å². The molecule has 4 nitrogen and oxygen atoms in total. The van der Waals surface area contributed by atoms with Crippen molar-refractivity contribution in [2.24, 2.45) is 0 Å². The molecule has 0 spiro atoms. The van der Waals surface area contributed by atoms with Crippen molar-refractivity contribution in [1.82, 2.24) is 9.55 Å². The highest BCUT2D eigenvalue weighted by Crippen LogP contribution is 2.19. The Morgan fingerprint density at radius 2 is 2.16 bits per heavy atom. The summed E-state index contributed by atoms with van der Waals surface area (Å²) in [5.74, 6) is -0.557. The first kappa shape index (κ1) is 13.3. The molecule has 1 heterocycles. The van der Waals surface area contributed by atoms with E-state index >= 15 is 0 Å². The van der Waals surface area contributed by atoms with E-state index in [1.54, 1.807) is 10.9 Å². The Hall–Kier alpha value is -2.17. The zero-order valence-electron chi connectivity index (χ0n) is 10.6. The first-order chi connectivity index (χ1) is 9.24. The lowest BCUT2D eigenvalue weighted by molar-refractivity contribution is 0.0467. The molecule has 0 radical (unpaired) electrons. The second-order valence-electron chi connectivity index (χ2n) is 4.10. The topological polar surface area (TPSA) is 44.1 Å². The number of imidazole rings is 1. The maximum atomic E-state index is 12.0. The van der Waals surface area contributed by atoms with Crippen LogP contribution in [-0.2, 0) is 4.74 Å².